The van der Waals surface area contributed by atoms with Gasteiger partial charge in [-0.05, 0) is 30.7 Å². The van der Waals surface area contributed by atoms with Gasteiger partial charge in [0.15, 0.2) is 0 Å². The molecule has 2 N–H and O–H groups in total. The fourth-order valence-electron chi connectivity index (χ4n) is 3.22. The summed E-state index contributed by atoms with van der Waals surface area (Å²) in [5.41, 5.74) is 0.672. The second kappa shape index (κ2) is 7.01. The fourth-order valence-corrected chi connectivity index (χ4v) is 3.22. The zero-order valence-electron chi connectivity index (χ0n) is 15.2. The lowest BCUT2D eigenvalue weighted by Crippen LogP contribution is -2.40. The molecule has 1 unspecified atom stereocenters. The van der Waals surface area contributed by atoms with Crippen molar-refractivity contribution in [2.24, 2.45) is 5.10 Å². The van der Waals surface area contributed by atoms with Crippen molar-refractivity contribution in [2.45, 2.75) is 19.1 Å². The Morgan fingerprint density at radius 3 is 2.59 bits per heavy atom. The van der Waals surface area contributed by atoms with Crippen LogP contribution in [0.4, 0.5) is 13.6 Å². The first-order valence-electron chi connectivity index (χ1n) is 8.70. The van der Waals surface area contributed by atoms with Crippen LogP contribution in [-0.2, 0) is 10.3 Å². The van der Waals surface area contributed by atoms with Crippen LogP contribution in [0.5, 0.6) is 5.75 Å². The van der Waals surface area contributed by atoms with Gasteiger partial charge in [-0.25, -0.2) is 4.79 Å². The molecule has 7 nitrogen and oxygen atoms in total. The first kappa shape index (κ1) is 18.6. The summed E-state index contributed by atoms with van der Waals surface area (Å²) < 4.78 is 28.9. The minimum absolute atomic E-state index is 0.0432. The van der Waals surface area contributed by atoms with Crippen molar-refractivity contribution in [1.82, 2.24) is 15.3 Å². The summed E-state index contributed by atoms with van der Waals surface area (Å²) in [5.74, 6) is -0.626. The van der Waals surface area contributed by atoms with Crippen molar-refractivity contribution in [3.63, 3.8) is 0 Å². The topological polar surface area (TPSA) is 86.8 Å². The average molecular weight is 398 g/mol. The molecule has 0 spiro atoms. The van der Waals surface area contributed by atoms with E-state index in [9.17, 15) is 18.4 Å². The smallest absolute Gasteiger partial charge is 0.387 e. The number of rotatable bonds is 5. The van der Waals surface area contributed by atoms with Gasteiger partial charge < -0.3 is 15.0 Å². The van der Waals surface area contributed by atoms with E-state index in [1.165, 1.54) is 37.4 Å². The summed E-state index contributed by atoms with van der Waals surface area (Å²) in [5, 5.41) is 8.32. The van der Waals surface area contributed by atoms with Gasteiger partial charge in [-0.2, -0.15) is 13.9 Å². The Labute approximate surface area is 164 Å². The van der Waals surface area contributed by atoms with Gasteiger partial charge in [-0.15, -0.1) is 5.01 Å². The number of hydrogen-bond donors (Lipinski definition) is 2. The summed E-state index contributed by atoms with van der Waals surface area (Å²) in [4.78, 5) is 28.3. The number of aromatic nitrogens is 1. The van der Waals surface area contributed by atoms with E-state index in [4.69, 9.17) is 0 Å². The highest BCUT2D eigenvalue weighted by Gasteiger charge is 2.49. The van der Waals surface area contributed by atoms with E-state index in [-0.39, 0.29) is 5.75 Å². The van der Waals surface area contributed by atoms with Crippen molar-refractivity contribution >= 4 is 29.1 Å². The molecule has 2 aromatic carbocycles. The van der Waals surface area contributed by atoms with Crippen LogP contribution in [0.1, 0.15) is 18.1 Å². The Morgan fingerprint density at radius 2 is 1.86 bits per heavy atom. The summed E-state index contributed by atoms with van der Waals surface area (Å²) in [6.45, 7) is -1.42. The van der Waals surface area contributed by atoms with Crippen molar-refractivity contribution in [2.75, 3.05) is 0 Å². The summed E-state index contributed by atoms with van der Waals surface area (Å²) in [6.07, 6.45) is 3.16. The van der Waals surface area contributed by atoms with E-state index in [1.807, 2.05) is 24.3 Å². The van der Waals surface area contributed by atoms with Crippen LogP contribution in [0.2, 0.25) is 0 Å². The number of aromatic amines is 1. The number of alkyl halides is 2. The molecular weight excluding hydrogens is 382 g/mol. The number of carbonyl (C=O) groups is 2. The molecule has 1 aliphatic rings. The van der Waals surface area contributed by atoms with Crippen LogP contribution in [0.3, 0.4) is 0 Å². The van der Waals surface area contributed by atoms with E-state index < -0.39 is 24.1 Å². The molecule has 1 saturated heterocycles. The highest BCUT2D eigenvalue weighted by Crippen LogP contribution is 2.30. The molecule has 4 rings (SSSR count). The van der Waals surface area contributed by atoms with Crippen LogP contribution in [-0.4, -0.2) is 34.8 Å². The lowest BCUT2D eigenvalue weighted by atomic mass is 9.92. The van der Waals surface area contributed by atoms with E-state index in [0.717, 1.165) is 21.5 Å². The number of carbonyl (C=O) groups excluding carboxylic acids is 2. The zero-order chi connectivity index (χ0) is 20.6. The maximum atomic E-state index is 12.9. The highest BCUT2D eigenvalue weighted by molar-refractivity contribution is 6.08. The Balaban J connectivity index is 1.58. The van der Waals surface area contributed by atoms with Gasteiger partial charge in [-0.3, -0.25) is 4.79 Å². The quantitative estimate of drug-likeness (QED) is 0.509. The average Bonchev–Trinajstić information content (AvgIpc) is 3.20. The largest absolute Gasteiger partial charge is 0.435 e. The maximum Gasteiger partial charge on any atom is 0.387 e. The maximum absolute atomic E-state index is 12.9. The molecule has 1 atom stereocenters. The van der Waals surface area contributed by atoms with Crippen molar-refractivity contribution in [3.8, 4) is 5.75 Å². The van der Waals surface area contributed by atoms with Crippen LogP contribution >= 0.6 is 0 Å². The molecule has 0 radical (unpaired) electrons. The first-order chi connectivity index (χ1) is 13.9. The standard InChI is InChI=1S/C20H16F2N4O3/c1-20(13-6-8-14(9-7-13)29-18(21)22)17(27)26(19(28)25-20)24-11-12-10-23-16-5-3-2-4-15(12)16/h2-11,18,23H,1H3,(H,25,28). The minimum Gasteiger partial charge on any atom is -0.435 e. The van der Waals surface area contributed by atoms with Gasteiger partial charge in [-0.1, -0.05) is 30.3 Å². The molecular formula is C20H16F2N4O3. The molecule has 0 aliphatic carbocycles. The van der Waals surface area contributed by atoms with E-state index in [1.54, 1.807) is 6.20 Å². The van der Waals surface area contributed by atoms with Crippen LogP contribution < -0.4 is 10.1 Å². The van der Waals surface area contributed by atoms with Gasteiger partial charge in [0, 0.05) is 22.7 Å². The number of para-hydroxylation sites is 1. The summed E-state index contributed by atoms with van der Waals surface area (Å²) in [7, 11) is 0. The number of halogens is 2. The number of nitrogens with one attached hydrogen (secondary N) is 2. The molecule has 9 heteroatoms. The molecule has 3 aromatic rings. The van der Waals surface area contributed by atoms with Crippen LogP contribution in [0, 0.1) is 0 Å². The molecule has 3 amide bonds. The highest BCUT2D eigenvalue weighted by atomic mass is 19.3. The number of urea groups is 1. The monoisotopic (exact) mass is 398 g/mol. The van der Waals surface area contributed by atoms with E-state index >= 15 is 0 Å². The molecule has 148 valence electrons. The van der Waals surface area contributed by atoms with Crippen LogP contribution in [0.25, 0.3) is 10.9 Å². The van der Waals surface area contributed by atoms with Gasteiger partial charge >= 0.3 is 12.6 Å². The lowest BCUT2D eigenvalue weighted by Gasteiger charge is -2.21. The Hall–Kier alpha value is -3.75. The number of hydrazone groups is 1. The predicted molar refractivity (Wildman–Crippen MR) is 102 cm³/mol. The number of fused-ring (bicyclic) bond motifs is 1. The second-order valence-corrected chi connectivity index (χ2v) is 6.61. The Bertz CT molecular complexity index is 1110. The van der Waals surface area contributed by atoms with Crippen molar-refractivity contribution in [3.05, 3.63) is 65.9 Å². The number of hydrogen-bond acceptors (Lipinski definition) is 4. The number of ether oxygens (including phenoxy) is 1. The molecule has 2 heterocycles. The van der Waals surface area contributed by atoms with Gasteiger partial charge in [0.1, 0.15) is 11.3 Å². The number of imide groups is 1. The van der Waals surface area contributed by atoms with Gasteiger partial charge in [0.2, 0.25) is 0 Å². The molecule has 0 bridgehead atoms. The molecule has 0 saturated carbocycles. The molecule has 1 fully saturated rings. The molecule has 1 aromatic heterocycles. The normalized spacial score (nSPS) is 19.5. The van der Waals surface area contributed by atoms with Crippen molar-refractivity contribution < 1.29 is 23.1 Å². The molecule has 1 aliphatic heterocycles. The molecule has 29 heavy (non-hydrogen) atoms. The minimum atomic E-state index is -2.95. The van der Waals surface area contributed by atoms with Crippen molar-refractivity contribution in [1.29, 1.82) is 0 Å². The number of nitrogens with zero attached hydrogens (tertiary/aromatic N) is 2. The number of benzene rings is 2. The van der Waals surface area contributed by atoms with Gasteiger partial charge in [0.25, 0.3) is 5.91 Å². The SMILES string of the molecule is CC1(c2ccc(OC(F)F)cc2)NC(=O)N(N=Cc2c[nH]c3ccccc23)C1=O. The Kier molecular flexibility index (Phi) is 4.50. The number of H-pyrrole nitrogens is 1. The van der Waals surface area contributed by atoms with Gasteiger partial charge in [0.05, 0.1) is 6.21 Å². The van der Waals surface area contributed by atoms with Crippen LogP contribution in [0.15, 0.2) is 59.8 Å². The summed E-state index contributed by atoms with van der Waals surface area (Å²) in [6, 6.07) is 12.4. The second-order valence-electron chi connectivity index (χ2n) is 6.61. The third-order valence-electron chi connectivity index (χ3n) is 4.76. The first-order valence-corrected chi connectivity index (χ1v) is 8.70. The Morgan fingerprint density at radius 1 is 1.14 bits per heavy atom. The number of amides is 3. The third-order valence-corrected chi connectivity index (χ3v) is 4.76. The van der Waals surface area contributed by atoms with E-state index in [0.29, 0.717) is 5.56 Å². The van der Waals surface area contributed by atoms with E-state index in [2.05, 4.69) is 20.1 Å². The third kappa shape index (κ3) is 3.31. The lowest BCUT2D eigenvalue weighted by molar-refractivity contribution is -0.131. The summed E-state index contributed by atoms with van der Waals surface area (Å²) >= 11 is 0. The zero-order valence-corrected chi connectivity index (χ0v) is 15.2. The predicted octanol–water partition coefficient (Wildman–Crippen LogP) is 3.57. The fraction of sp³-hybridized carbons (Fsp3) is 0.150.